The molecule has 1 N–H and O–H groups in total. The van der Waals surface area contributed by atoms with Crippen LogP contribution in [0.5, 0.6) is 0 Å². The predicted octanol–water partition coefficient (Wildman–Crippen LogP) is 1.97. The third-order valence-electron chi connectivity index (χ3n) is 2.64. The van der Waals surface area contributed by atoms with Crippen molar-refractivity contribution in [1.29, 1.82) is 0 Å². The van der Waals surface area contributed by atoms with Gasteiger partial charge < -0.3 is 14.4 Å². The Morgan fingerprint density at radius 2 is 2.32 bits per heavy atom. The molecule has 0 aromatic carbocycles. The number of carbonyl (C=O) groups is 1. The van der Waals surface area contributed by atoms with E-state index < -0.39 is 5.97 Å². The first kappa shape index (κ1) is 14.7. The van der Waals surface area contributed by atoms with E-state index in [1.165, 1.54) is 0 Å². The number of rotatable bonds is 6. The molecule has 0 amide bonds. The molecule has 2 atom stereocenters. The predicted molar refractivity (Wildman–Crippen MR) is 73.3 cm³/mol. The number of hydrogen-bond donors (Lipinski definition) is 1. The van der Waals surface area contributed by atoms with Crippen molar-refractivity contribution >= 4 is 29.5 Å². The van der Waals surface area contributed by atoms with Crippen molar-refractivity contribution in [3.63, 3.8) is 0 Å². The Morgan fingerprint density at radius 3 is 3.05 bits per heavy atom. The number of nitrogens with zero attached hydrogens (tertiary/aromatic N) is 2. The molecule has 2 unspecified atom stereocenters. The number of carboxylic acid groups (broad SMARTS) is 1. The second-order valence-electron chi connectivity index (χ2n) is 4.04. The zero-order valence-electron chi connectivity index (χ0n) is 10.6. The summed E-state index contributed by atoms with van der Waals surface area (Å²) in [5.41, 5.74) is 0. The smallest absolute Gasteiger partial charge is 0.329 e. The summed E-state index contributed by atoms with van der Waals surface area (Å²) in [6.07, 6.45) is 1.07. The highest BCUT2D eigenvalue weighted by Crippen LogP contribution is 2.42. The maximum absolute atomic E-state index is 10.3. The average molecular weight is 304 g/mol. The van der Waals surface area contributed by atoms with E-state index in [0.717, 1.165) is 17.9 Å². The van der Waals surface area contributed by atoms with Gasteiger partial charge >= 0.3 is 5.97 Å². The highest BCUT2D eigenvalue weighted by Gasteiger charge is 2.30. The molecule has 2 heterocycles. The molecule has 19 heavy (non-hydrogen) atoms. The van der Waals surface area contributed by atoms with Gasteiger partial charge in [-0.2, -0.15) is 16.7 Å². The van der Waals surface area contributed by atoms with Crippen LogP contribution in [-0.4, -0.2) is 44.6 Å². The summed E-state index contributed by atoms with van der Waals surface area (Å²) in [5, 5.41) is 13.2. The molecular formula is C11H16N2O4S2. The molecule has 1 aromatic heterocycles. The molecule has 1 aliphatic rings. The Bertz CT molecular complexity index is 427. The van der Waals surface area contributed by atoms with Crippen LogP contribution in [0.3, 0.4) is 0 Å². The third kappa shape index (κ3) is 4.12. The molecule has 1 aromatic rings. The first-order valence-electron chi connectivity index (χ1n) is 6.06. The van der Waals surface area contributed by atoms with Crippen LogP contribution in [0.4, 0.5) is 0 Å². The molecule has 0 radical (unpaired) electrons. The molecule has 0 aliphatic carbocycles. The lowest BCUT2D eigenvalue weighted by Crippen LogP contribution is -2.19. The topological polar surface area (TPSA) is 85.5 Å². The molecule has 1 aliphatic heterocycles. The van der Waals surface area contributed by atoms with Crippen LogP contribution in [-0.2, 0) is 16.1 Å². The summed E-state index contributed by atoms with van der Waals surface area (Å²) in [7, 11) is 0. The van der Waals surface area contributed by atoms with Gasteiger partial charge in [-0.05, 0) is 6.42 Å². The molecule has 2 rings (SSSR count). The number of ether oxygens (including phenoxy) is 1. The Hall–Kier alpha value is -0.730. The fourth-order valence-electron chi connectivity index (χ4n) is 1.81. The first-order valence-corrected chi connectivity index (χ1v) is 8.15. The minimum Gasteiger partial charge on any atom is -0.480 e. The van der Waals surface area contributed by atoms with Crippen LogP contribution >= 0.6 is 23.5 Å². The van der Waals surface area contributed by atoms with Gasteiger partial charge in [0, 0.05) is 16.8 Å². The summed E-state index contributed by atoms with van der Waals surface area (Å²) in [6.45, 7) is 1.84. The maximum atomic E-state index is 10.3. The molecular weight excluding hydrogens is 288 g/mol. The number of aromatic nitrogens is 2. The second-order valence-corrected chi connectivity index (χ2v) is 6.64. The van der Waals surface area contributed by atoms with Crippen molar-refractivity contribution in [3.8, 4) is 0 Å². The zero-order valence-corrected chi connectivity index (χ0v) is 12.2. The highest BCUT2D eigenvalue weighted by molar-refractivity contribution is 8.06. The molecule has 106 valence electrons. The third-order valence-corrected chi connectivity index (χ3v) is 5.88. The number of hydrogen-bond acceptors (Lipinski definition) is 7. The summed E-state index contributed by atoms with van der Waals surface area (Å²) < 4.78 is 10.0. The molecule has 0 spiro atoms. The van der Waals surface area contributed by atoms with Gasteiger partial charge in [-0.1, -0.05) is 12.1 Å². The van der Waals surface area contributed by atoms with Crippen molar-refractivity contribution in [2.75, 3.05) is 18.1 Å². The SMILES string of the molecule is CCC1SCCSC1c1noc(COCC(=O)O)n1. The zero-order chi connectivity index (χ0) is 13.7. The van der Waals surface area contributed by atoms with Crippen molar-refractivity contribution in [2.45, 2.75) is 30.5 Å². The fourth-order valence-corrected chi connectivity index (χ4v) is 4.79. The van der Waals surface area contributed by atoms with Gasteiger partial charge in [0.2, 0.25) is 0 Å². The van der Waals surface area contributed by atoms with E-state index in [0.29, 0.717) is 17.0 Å². The summed E-state index contributed by atoms with van der Waals surface area (Å²) in [4.78, 5) is 14.6. The largest absolute Gasteiger partial charge is 0.480 e. The quantitative estimate of drug-likeness (QED) is 0.853. The highest BCUT2D eigenvalue weighted by atomic mass is 32.2. The van der Waals surface area contributed by atoms with Crippen LogP contribution in [0.1, 0.15) is 30.3 Å². The van der Waals surface area contributed by atoms with E-state index in [9.17, 15) is 4.79 Å². The Kier molecular flexibility index (Phi) is 5.53. The summed E-state index contributed by atoms with van der Waals surface area (Å²) in [6, 6.07) is 0. The minimum atomic E-state index is -1.01. The van der Waals surface area contributed by atoms with Gasteiger partial charge in [-0.25, -0.2) is 4.79 Å². The first-order chi connectivity index (χ1) is 9.20. The van der Waals surface area contributed by atoms with Gasteiger partial charge in [-0.15, -0.1) is 11.8 Å². The normalized spacial score (nSPS) is 23.4. The van der Waals surface area contributed by atoms with Gasteiger partial charge in [0.15, 0.2) is 5.82 Å². The van der Waals surface area contributed by atoms with Gasteiger partial charge in [0.1, 0.15) is 13.2 Å². The van der Waals surface area contributed by atoms with Crippen molar-refractivity contribution in [3.05, 3.63) is 11.7 Å². The van der Waals surface area contributed by atoms with Crippen molar-refractivity contribution < 1.29 is 19.2 Å². The van der Waals surface area contributed by atoms with Gasteiger partial charge in [0.05, 0.1) is 5.25 Å². The maximum Gasteiger partial charge on any atom is 0.329 e. The standard InChI is InChI=1S/C11H16N2O4S2/c1-2-7-10(19-4-3-18-7)11-12-8(17-13-11)5-16-6-9(14)15/h7,10H,2-6H2,1H3,(H,14,15). The molecule has 1 saturated heterocycles. The monoisotopic (exact) mass is 304 g/mol. The van der Waals surface area contributed by atoms with E-state index in [1.807, 2.05) is 23.5 Å². The molecule has 8 heteroatoms. The Morgan fingerprint density at radius 1 is 1.53 bits per heavy atom. The Labute approximate surface area is 119 Å². The number of aliphatic carboxylic acids is 1. The van der Waals surface area contributed by atoms with Crippen LogP contribution in [0.15, 0.2) is 4.52 Å². The van der Waals surface area contributed by atoms with E-state index in [2.05, 4.69) is 17.1 Å². The van der Waals surface area contributed by atoms with Crippen LogP contribution in [0.25, 0.3) is 0 Å². The minimum absolute atomic E-state index is 0.0423. The molecule has 0 bridgehead atoms. The van der Waals surface area contributed by atoms with Crippen LogP contribution in [0.2, 0.25) is 0 Å². The van der Waals surface area contributed by atoms with E-state index >= 15 is 0 Å². The van der Waals surface area contributed by atoms with E-state index in [-0.39, 0.29) is 18.5 Å². The van der Waals surface area contributed by atoms with Crippen LogP contribution < -0.4 is 0 Å². The summed E-state index contributed by atoms with van der Waals surface area (Å²) in [5.74, 6) is 2.27. The van der Waals surface area contributed by atoms with Gasteiger partial charge in [-0.3, -0.25) is 0 Å². The molecule has 1 fully saturated rings. The van der Waals surface area contributed by atoms with E-state index in [4.69, 9.17) is 14.4 Å². The lowest BCUT2D eigenvalue weighted by molar-refractivity contribution is -0.142. The molecule has 6 nitrogen and oxygen atoms in total. The molecule has 0 saturated carbocycles. The van der Waals surface area contributed by atoms with Crippen molar-refractivity contribution in [2.24, 2.45) is 0 Å². The summed E-state index contributed by atoms with van der Waals surface area (Å²) >= 11 is 3.80. The number of thioether (sulfide) groups is 2. The van der Waals surface area contributed by atoms with Crippen LogP contribution in [0, 0.1) is 0 Å². The van der Waals surface area contributed by atoms with Gasteiger partial charge in [0.25, 0.3) is 5.89 Å². The van der Waals surface area contributed by atoms with Crippen molar-refractivity contribution in [1.82, 2.24) is 10.1 Å². The number of carboxylic acids is 1. The second kappa shape index (κ2) is 7.16. The lowest BCUT2D eigenvalue weighted by atomic mass is 10.2. The lowest BCUT2D eigenvalue weighted by Gasteiger charge is -2.27. The Balaban J connectivity index is 1.93. The fraction of sp³-hybridized carbons (Fsp3) is 0.727. The average Bonchev–Trinajstić information content (AvgIpc) is 2.87. The van der Waals surface area contributed by atoms with E-state index in [1.54, 1.807) is 0 Å².